The summed E-state index contributed by atoms with van der Waals surface area (Å²) in [6.45, 7) is 2.30. The molecule has 0 aromatic heterocycles. The van der Waals surface area contributed by atoms with Gasteiger partial charge in [0.05, 0.1) is 18.5 Å². The predicted molar refractivity (Wildman–Crippen MR) is 126 cm³/mol. The van der Waals surface area contributed by atoms with Crippen LogP contribution >= 0.6 is 0 Å². The van der Waals surface area contributed by atoms with Gasteiger partial charge in [0.1, 0.15) is 0 Å². The van der Waals surface area contributed by atoms with Gasteiger partial charge in [-0.1, -0.05) is 78.9 Å². The van der Waals surface area contributed by atoms with Gasteiger partial charge in [0, 0.05) is 25.2 Å². The minimum absolute atomic E-state index is 0.00342. The van der Waals surface area contributed by atoms with Gasteiger partial charge >= 0.3 is 0 Å². The maximum absolute atomic E-state index is 13.5. The molecule has 0 bridgehead atoms. The summed E-state index contributed by atoms with van der Waals surface area (Å²) >= 11 is 0. The molecule has 1 heterocycles. The first-order chi connectivity index (χ1) is 15.6. The molecule has 1 aliphatic heterocycles. The summed E-state index contributed by atoms with van der Waals surface area (Å²) in [5.74, 6) is -0.126. The molecule has 1 N–H and O–H groups in total. The smallest absolute Gasteiger partial charge is 0.251 e. The first kappa shape index (κ1) is 21.8. The van der Waals surface area contributed by atoms with Crippen LogP contribution in [0.5, 0.6) is 0 Å². The Kier molecular flexibility index (Phi) is 6.97. The van der Waals surface area contributed by atoms with Crippen molar-refractivity contribution in [3.8, 4) is 0 Å². The van der Waals surface area contributed by atoms with Crippen molar-refractivity contribution in [2.24, 2.45) is 0 Å². The average molecular weight is 428 g/mol. The molecule has 0 aliphatic carbocycles. The number of hydrogen-bond donors (Lipinski definition) is 1. The van der Waals surface area contributed by atoms with Crippen LogP contribution in [0.4, 0.5) is 0 Å². The summed E-state index contributed by atoms with van der Waals surface area (Å²) in [6, 6.07) is 28.6. The van der Waals surface area contributed by atoms with Crippen LogP contribution in [-0.4, -0.2) is 48.3 Å². The Morgan fingerprint density at radius 3 is 2.12 bits per heavy atom. The number of nitrogens with one attached hydrogen (secondary N) is 1. The van der Waals surface area contributed by atoms with Crippen molar-refractivity contribution in [1.82, 2.24) is 15.1 Å². The van der Waals surface area contributed by atoms with E-state index in [4.69, 9.17) is 0 Å². The van der Waals surface area contributed by atoms with Crippen molar-refractivity contribution >= 4 is 11.8 Å². The second kappa shape index (κ2) is 10.2. The van der Waals surface area contributed by atoms with Crippen LogP contribution in [0.3, 0.4) is 0 Å². The van der Waals surface area contributed by atoms with Crippen molar-refractivity contribution in [1.29, 1.82) is 0 Å². The second-order valence-electron chi connectivity index (χ2n) is 8.28. The molecule has 1 aliphatic rings. The van der Waals surface area contributed by atoms with E-state index >= 15 is 0 Å². The summed E-state index contributed by atoms with van der Waals surface area (Å²) in [5.41, 5.74) is 2.65. The average Bonchev–Trinajstić information content (AvgIpc) is 2.85. The zero-order chi connectivity index (χ0) is 22.3. The third-order valence-corrected chi connectivity index (χ3v) is 6.01. The van der Waals surface area contributed by atoms with E-state index in [0.717, 1.165) is 24.2 Å². The first-order valence-corrected chi connectivity index (χ1v) is 11.1. The zero-order valence-electron chi connectivity index (χ0n) is 18.4. The van der Waals surface area contributed by atoms with E-state index < -0.39 is 6.04 Å². The Morgan fingerprint density at radius 2 is 1.47 bits per heavy atom. The standard InChI is InChI=1S/C27H29N3O2/c1-29-17-18-30(25(20-29)22-13-7-3-8-14-22)26(31)19-24(21-11-5-2-6-12-21)28-27(32)23-15-9-4-10-16-23/h2-16,24-25H,17-20H2,1H3,(H,28,32)/t24-,25+/m0/s1. The highest BCUT2D eigenvalue weighted by atomic mass is 16.2. The number of piperazine rings is 1. The maximum Gasteiger partial charge on any atom is 0.251 e. The number of hydrogen-bond acceptors (Lipinski definition) is 3. The van der Waals surface area contributed by atoms with Crippen LogP contribution in [0.25, 0.3) is 0 Å². The molecule has 2 amide bonds. The highest BCUT2D eigenvalue weighted by molar-refractivity contribution is 5.94. The van der Waals surface area contributed by atoms with E-state index in [9.17, 15) is 9.59 Å². The number of amides is 2. The van der Waals surface area contributed by atoms with Gasteiger partial charge in [-0.2, -0.15) is 0 Å². The summed E-state index contributed by atoms with van der Waals surface area (Å²) < 4.78 is 0. The topological polar surface area (TPSA) is 52.6 Å². The SMILES string of the molecule is CN1CCN(C(=O)C[C@H](NC(=O)c2ccccc2)c2ccccc2)[C@@H](c2ccccc2)C1. The molecule has 0 unspecified atom stereocenters. The van der Waals surface area contributed by atoms with Gasteiger partial charge in [0.2, 0.25) is 5.91 Å². The van der Waals surface area contributed by atoms with E-state index in [1.54, 1.807) is 12.1 Å². The molecule has 0 radical (unpaired) electrons. The number of carbonyl (C=O) groups excluding carboxylic acids is 2. The number of nitrogens with zero attached hydrogens (tertiary/aromatic N) is 2. The Labute approximate surface area is 189 Å². The molecule has 1 saturated heterocycles. The molecular weight excluding hydrogens is 398 g/mol. The Morgan fingerprint density at radius 1 is 0.875 bits per heavy atom. The fourth-order valence-electron chi connectivity index (χ4n) is 4.24. The first-order valence-electron chi connectivity index (χ1n) is 11.1. The van der Waals surface area contributed by atoms with E-state index in [0.29, 0.717) is 12.1 Å². The molecule has 2 atom stereocenters. The highest BCUT2D eigenvalue weighted by Crippen LogP contribution is 2.28. The molecule has 1 fully saturated rings. The molecule has 32 heavy (non-hydrogen) atoms. The van der Waals surface area contributed by atoms with Crippen LogP contribution in [0.1, 0.15) is 40.0 Å². The van der Waals surface area contributed by atoms with Crippen molar-refractivity contribution in [2.45, 2.75) is 18.5 Å². The largest absolute Gasteiger partial charge is 0.345 e. The Balaban J connectivity index is 1.55. The molecule has 164 valence electrons. The maximum atomic E-state index is 13.5. The number of carbonyl (C=O) groups is 2. The van der Waals surface area contributed by atoms with E-state index in [2.05, 4.69) is 29.4 Å². The normalized spacial score (nSPS) is 17.5. The van der Waals surface area contributed by atoms with E-state index in [1.165, 1.54) is 0 Å². The van der Waals surface area contributed by atoms with Crippen LogP contribution < -0.4 is 5.32 Å². The molecule has 5 heteroatoms. The van der Waals surface area contributed by atoms with Gasteiger partial charge in [0.15, 0.2) is 0 Å². The Hall–Kier alpha value is -3.44. The van der Waals surface area contributed by atoms with Gasteiger partial charge in [-0.05, 0) is 30.3 Å². The van der Waals surface area contributed by atoms with E-state index in [-0.39, 0.29) is 24.3 Å². The molecular formula is C27H29N3O2. The number of benzene rings is 3. The fraction of sp³-hybridized carbons (Fsp3) is 0.259. The minimum atomic E-state index is -0.396. The summed E-state index contributed by atoms with van der Waals surface area (Å²) in [4.78, 5) is 30.6. The second-order valence-corrected chi connectivity index (χ2v) is 8.28. The lowest BCUT2D eigenvalue weighted by Crippen LogP contribution is -2.50. The molecule has 3 aromatic carbocycles. The van der Waals surface area contributed by atoms with Gasteiger partial charge in [-0.25, -0.2) is 0 Å². The number of likely N-dealkylation sites (N-methyl/N-ethyl adjacent to an activating group) is 1. The highest BCUT2D eigenvalue weighted by Gasteiger charge is 2.32. The van der Waals surface area contributed by atoms with Gasteiger partial charge in [-0.15, -0.1) is 0 Å². The summed E-state index contributed by atoms with van der Waals surface area (Å²) in [7, 11) is 2.09. The summed E-state index contributed by atoms with van der Waals surface area (Å²) in [6.07, 6.45) is 0.218. The Bertz CT molecular complexity index is 1020. The monoisotopic (exact) mass is 427 g/mol. The molecule has 0 spiro atoms. The molecule has 3 aromatic rings. The molecule has 0 saturated carbocycles. The van der Waals surface area contributed by atoms with Crippen molar-refractivity contribution < 1.29 is 9.59 Å². The van der Waals surface area contributed by atoms with Crippen molar-refractivity contribution in [3.05, 3.63) is 108 Å². The molecule has 4 rings (SSSR count). The van der Waals surface area contributed by atoms with Crippen LogP contribution in [-0.2, 0) is 4.79 Å². The summed E-state index contributed by atoms with van der Waals surface area (Å²) in [5, 5.41) is 3.09. The van der Waals surface area contributed by atoms with Crippen LogP contribution in [0.2, 0.25) is 0 Å². The minimum Gasteiger partial charge on any atom is -0.345 e. The number of rotatable bonds is 6. The third kappa shape index (κ3) is 5.24. The third-order valence-electron chi connectivity index (χ3n) is 6.01. The predicted octanol–water partition coefficient (Wildman–Crippen LogP) is 4.06. The van der Waals surface area contributed by atoms with Crippen molar-refractivity contribution in [3.63, 3.8) is 0 Å². The van der Waals surface area contributed by atoms with Gasteiger partial charge in [0.25, 0.3) is 5.91 Å². The van der Waals surface area contributed by atoms with Crippen LogP contribution in [0, 0.1) is 0 Å². The zero-order valence-corrected chi connectivity index (χ0v) is 18.4. The quantitative estimate of drug-likeness (QED) is 0.645. The lowest BCUT2D eigenvalue weighted by molar-refractivity contribution is -0.136. The van der Waals surface area contributed by atoms with Crippen molar-refractivity contribution in [2.75, 3.05) is 26.7 Å². The van der Waals surface area contributed by atoms with Gasteiger partial charge < -0.3 is 15.1 Å². The van der Waals surface area contributed by atoms with Gasteiger partial charge in [-0.3, -0.25) is 9.59 Å². The van der Waals surface area contributed by atoms with Crippen LogP contribution in [0.15, 0.2) is 91.0 Å². The fourth-order valence-corrected chi connectivity index (χ4v) is 4.24. The lowest BCUT2D eigenvalue weighted by Gasteiger charge is -2.41. The van der Waals surface area contributed by atoms with E-state index in [1.807, 2.05) is 71.6 Å². The lowest BCUT2D eigenvalue weighted by atomic mass is 9.99. The molecule has 5 nitrogen and oxygen atoms in total.